The molecule has 4 rings (SSSR count). The number of aryl methyl sites for hydroxylation is 3. The van der Waals surface area contributed by atoms with E-state index >= 15 is 0 Å². The van der Waals surface area contributed by atoms with Gasteiger partial charge in [-0.1, -0.05) is 17.7 Å². The number of carbonyl (C=O) groups excluding carboxylic acids is 1. The van der Waals surface area contributed by atoms with Crippen molar-refractivity contribution in [1.29, 1.82) is 0 Å². The molecule has 152 valence electrons. The van der Waals surface area contributed by atoms with Crippen molar-refractivity contribution in [3.8, 4) is 0 Å². The van der Waals surface area contributed by atoms with Crippen LogP contribution in [-0.4, -0.2) is 40.0 Å². The number of rotatable bonds is 6. The highest BCUT2D eigenvalue weighted by molar-refractivity contribution is 5.92. The fraction of sp³-hybridized carbons (Fsp3) is 0.417. The number of pyridine rings is 1. The van der Waals surface area contributed by atoms with Crippen LogP contribution in [0, 0.1) is 20.8 Å². The van der Waals surface area contributed by atoms with E-state index in [0.717, 1.165) is 47.3 Å². The van der Waals surface area contributed by atoms with Crippen molar-refractivity contribution in [1.82, 2.24) is 14.9 Å². The minimum Gasteiger partial charge on any atom is -0.376 e. The number of hydrogen-bond donors (Lipinski definition) is 1. The first-order valence-electron chi connectivity index (χ1n) is 10.4. The summed E-state index contributed by atoms with van der Waals surface area (Å²) in [7, 11) is 0. The summed E-state index contributed by atoms with van der Waals surface area (Å²) in [5, 5.41) is 1.16. The van der Waals surface area contributed by atoms with Gasteiger partial charge in [0.05, 0.1) is 24.8 Å². The first kappa shape index (κ1) is 19.6. The van der Waals surface area contributed by atoms with Gasteiger partial charge in [0.1, 0.15) is 0 Å². The summed E-state index contributed by atoms with van der Waals surface area (Å²) in [6, 6.07) is 10.2. The molecule has 3 heterocycles. The summed E-state index contributed by atoms with van der Waals surface area (Å²) in [6.45, 7) is 8.19. The van der Waals surface area contributed by atoms with Gasteiger partial charge in [0, 0.05) is 35.9 Å². The van der Waals surface area contributed by atoms with Crippen molar-refractivity contribution < 1.29 is 9.53 Å². The maximum absolute atomic E-state index is 13.4. The minimum atomic E-state index is 0.120. The molecule has 0 radical (unpaired) electrons. The van der Waals surface area contributed by atoms with Gasteiger partial charge in [-0.05, 0) is 62.9 Å². The first-order valence-corrected chi connectivity index (χ1v) is 10.4. The van der Waals surface area contributed by atoms with Crippen LogP contribution in [0.5, 0.6) is 0 Å². The van der Waals surface area contributed by atoms with E-state index in [4.69, 9.17) is 4.74 Å². The van der Waals surface area contributed by atoms with E-state index in [1.807, 2.05) is 23.1 Å². The van der Waals surface area contributed by atoms with Crippen LogP contribution in [0.2, 0.25) is 0 Å². The number of aromatic nitrogens is 2. The Morgan fingerprint density at radius 3 is 2.86 bits per heavy atom. The summed E-state index contributed by atoms with van der Waals surface area (Å²) in [5.41, 5.74) is 6.62. The molecule has 0 bridgehead atoms. The highest BCUT2D eigenvalue weighted by Crippen LogP contribution is 2.27. The monoisotopic (exact) mass is 391 g/mol. The Kier molecular flexibility index (Phi) is 5.67. The third kappa shape index (κ3) is 4.35. The summed E-state index contributed by atoms with van der Waals surface area (Å²) in [5.74, 6) is 0.120. The maximum Gasteiger partial charge on any atom is 0.227 e. The Bertz CT molecular complexity index is 1000. The molecule has 1 saturated heterocycles. The van der Waals surface area contributed by atoms with Gasteiger partial charge in [0.25, 0.3) is 0 Å². The van der Waals surface area contributed by atoms with Gasteiger partial charge in [-0.2, -0.15) is 0 Å². The number of ether oxygens (including phenoxy) is 1. The molecular formula is C24H29N3O2. The topological polar surface area (TPSA) is 58.2 Å². The van der Waals surface area contributed by atoms with Crippen LogP contribution in [0.3, 0.4) is 0 Å². The maximum atomic E-state index is 13.4. The Morgan fingerprint density at radius 2 is 2.14 bits per heavy atom. The van der Waals surface area contributed by atoms with Crippen molar-refractivity contribution in [2.24, 2.45) is 0 Å². The summed E-state index contributed by atoms with van der Waals surface area (Å²) >= 11 is 0. The van der Waals surface area contributed by atoms with Gasteiger partial charge in [0.2, 0.25) is 5.91 Å². The molecule has 1 atom stereocenters. The van der Waals surface area contributed by atoms with Crippen molar-refractivity contribution in [3.63, 3.8) is 0 Å². The third-order valence-corrected chi connectivity index (χ3v) is 5.78. The Balaban J connectivity index is 1.60. The number of nitrogens with zero attached hydrogens (tertiary/aromatic N) is 2. The van der Waals surface area contributed by atoms with Gasteiger partial charge < -0.3 is 14.6 Å². The van der Waals surface area contributed by atoms with Crippen molar-refractivity contribution in [2.45, 2.75) is 52.7 Å². The lowest BCUT2D eigenvalue weighted by molar-refractivity contribution is -0.132. The third-order valence-electron chi connectivity index (χ3n) is 5.78. The molecule has 1 aliphatic rings. The van der Waals surface area contributed by atoms with Crippen LogP contribution in [0.1, 0.15) is 40.9 Å². The van der Waals surface area contributed by atoms with E-state index in [1.54, 1.807) is 6.20 Å². The molecular weight excluding hydrogens is 362 g/mol. The second-order valence-corrected chi connectivity index (χ2v) is 8.14. The summed E-state index contributed by atoms with van der Waals surface area (Å²) in [4.78, 5) is 23.2. The molecule has 0 aliphatic carbocycles. The van der Waals surface area contributed by atoms with Crippen LogP contribution >= 0.6 is 0 Å². The van der Waals surface area contributed by atoms with Crippen LogP contribution in [0.15, 0.2) is 36.5 Å². The smallest absolute Gasteiger partial charge is 0.227 e. The number of carbonyl (C=O) groups is 1. The van der Waals surface area contributed by atoms with Gasteiger partial charge >= 0.3 is 0 Å². The molecule has 5 nitrogen and oxygen atoms in total. The molecule has 0 saturated carbocycles. The van der Waals surface area contributed by atoms with Crippen molar-refractivity contribution in [2.75, 3.05) is 13.2 Å². The predicted octanol–water partition coefficient (Wildman–Crippen LogP) is 4.24. The molecule has 5 heteroatoms. The number of amides is 1. The van der Waals surface area contributed by atoms with E-state index in [1.165, 1.54) is 11.1 Å². The fourth-order valence-corrected chi connectivity index (χ4v) is 4.30. The molecule has 3 aromatic rings. The Hall–Kier alpha value is -2.66. The SMILES string of the molecule is Cc1cc(C)c2[nH]c(C)c(CC(=O)N(Cc3ccccn3)C[C@@H]3CCCO3)c2c1. The molecule has 1 aliphatic heterocycles. The molecule has 1 N–H and O–H groups in total. The molecule has 1 amide bonds. The molecule has 1 fully saturated rings. The number of hydrogen-bond acceptors (Lipinski definition) is 3. The zero-order valence-corrected chi connectivity index (χ0v) is 17.5. The zero-order valence-electron chi connectivity index (χ0n) is 17.5. The standard InChI is InChI=1S/C24H29N3O2/c1-16-11-17(2)24-22(12-16)21(18(3)26-24)13-23(28)27(15-20-8-6-10-29-20)14-19-7-4-5-9-25-19/h4-5,7,9,11-12,20,26H,6,8,10,13-15H2,1-3H3/t20-/m0/s1. The second kappa shape index (κ2) is 8.37. The normalized spacial score (nSPS) is 16.4. The van der Waals surface area contributed by atoms with E-state index in [2.05, 4.69) is 42.9 Å². The Morgan fingerprint density at radius 1 is 1.28 bits per heavy atom. The largest absolute Gasteiger partial charge is 0.376 e. The van der Waals surface area contributed by atoms with Gasteiger partial charge in [-0.15, -0.1) is 0 Å². The lowest BCUT2D eigenvalue weighted by Crippen LogP contribution is -2.38. The van der Waals surface area contributed by atoms with Crippen LogP contribution in [0.4, 0.5) is 0 Å². The van der Waals surface area contributed by atoms with Crippen LogP contribution in [0.25, 0.3) is 10.9 Å². The highest BCUT2D eigenvalue weighted by atomic mass is 16.5. The molecule has 0 spiro atoms. The number of aromatic amines is 1. The summed E-state index contributed by atoms with van der Waals surface area (Å²) < 4.78 is 5.81. The zero-order chi connectivity index (χ0) is 20.4. The van der Waals surface area contributed by atoms with Crippen LogP contribution < -0.4 is 0 Å². The van der Waals surface area contributed by atoms with E-state index < -0.39 is 0 Å². The van der Waals surface area contributed by atoms with Crippen molar-refractivity contribution >= 4 is 16.8 Å². The molecule has 1 aromatic carbocycles. The Labute approximate surface area is 172 Å². The lowest BCUT2D eigenvalue weighted by atomic mass is 10.0. The number of benzene rings is 1. The lowest BCUT2D eigenvalue weighted by Gasteiger charge is -2.25. The number of nitrogens with one attached hydrogen (secondary N) is 1. The molecule has 2 aromatic heterocycles. The molecule has 29 heavy (non-hydrogen) atoms. The average Bonchev–Trinajstić information content (AvgIpc) is 3.31. The predicted molar refractivity (Wildman–Crippen MR) is 115 cm³/mol. The second-order valence-electron chi connectivity index (χ2n) is 8.14. The minimum absolute atomic E-state index is 0.120. The molecule has 0 unspecified atom stereocenters. The fourth-order valence-electron chi connectivity index (χ4n) is 4.30. The van der Waals surface area contributed by atoms with E-state index in [9.17, 15) is 4.79 Å². The average molecular weight is 392 g/mol. The van der Waals surface area contributed by atoms with Gasteiger partial charge in [0.15, 0.2) is 0 Å². The quantitative estimate of drug-likeness (QED) is 0.684. The number of H-pyrrole nitrogens is 1. The van der Waals surface area contributed by atoms with Crippen LogP contribution in [-0.2, 0) is 22.5 Å². The van der Waals surface area contributed by atoms with Gasteiger partial charge in [-0.3, -0.25) is 9.78 Å². The number of fused-ring (bicyclic) bond motifs is 1. The first-order chi connectivity index (χ1) is 14.0. The van der Waals surface area contributed by atoms with Gasteiger partial charge in [-0.25, -0.2) is 0 Å². The van der Waals surface area contributed by atoms with E-state index in [0.29, 0.717) is 19.5 Å². The summed E-state index contributed by atoms with van der Waals surface area (Å²) in [6.07, 6.45) is 4.36. The highest BCUT2D eigenvalue weighted by Gasteiger charge is 2.24. The van der Waals surface area contributed by atoms with Crippen molar-refractivity contribution in [3.05, 3.63) is 64.6 Å². The van der Waals surface area contributed by atoms with E-state index in [-0.39, 0.29) is 12.0 Å².